The smallest absolute Gasteiger partial charge is 0.254 e. The van der Waals surface area contributed by atoms with Crippen LogP contribution in [0.5, 0.6) is 5.75 Å². The number of hydrogen-bond donors (Lipinski definition) is 3. The summed E-state index contributed by atoms with van der Waals surface area (Å²) in [4.78, 5) is 37.2. The van der Waals surface area contributed by atoms with Gasteiger partial charge in [-0.3, -0.25) is 9.59 Å². The van der Waals surface area contributed by atoms with Gasteiger partial charge in [0.15, 0.2) is 27.2 Å². The van der Waals surface area contributed by atoms with Crippen molar-refractivity contribution in [3.05, 3.63) is 48.2 Å². The zero-order valence-electron chi connectivity index (χ0n) is 21.2. The predicted octanol–water partition coefficient (Wildman–Crippen LogP) is 3.32. The average Bonchev–Trinajstić information content (AvgIpc) is 3.75. The molecule has 2 heterocycles. The summed E-state index contributed by atoms with van der Waals surface area (Å²) in [5, 5.41) is 7.45. The highest BCUT2D eigenvalue weighted by atomic mass is 32.2. The maximum absolute atomic E-state index is 15.1. The topological polar surface area (TPSA) is 152 Å². The number of ether oxygens (including phenoxy) is 1. The van der Waals surface area contributed by atoms with E-state index in [0.717, 1.165) is 12.8 Å². The Bertz CT molecular complexity index is 1490. The van der Waals surface area contributed by atoms with Gasteiger partial charge in [-0.2, -0.15) is 0 Å². The Morgan fingerprint density at radius 1 is 1.11 bits per heavy atom. The van der Waals surface area contributed by atoms with Gasteiger partial charge in [0, 0.05) is 37.6 Å². The van der Waals surface area contributed by atoms with Crippen molar-refractivity contribution in [1.29, 1.82) is 0 Å². The lowest BCUT2D eigenvalue weighted by Crippen LogP contribution is -2.21. The number of carbonyl (C=O) groups is 2. The Labute approximate surface area is 219 Å². The van der Waals surface area contributed by atoms with Gasteiger partial charge in [-0.25, -0.2) is 27.8 Å². The van der Waals surface area contributed by atoms with Crippen LogP contribution >= 0.6 is 0 Å². The molecule has 11 nitrogen and oxygen atoms in total. The predicted molar refractivity (Wildman–Crippen MR) is 139 cm³/mol. The van der Waals surface area contributed by atoms with E-state index in [1.165, 1.54) is 50.9 Å². The lowest BCUT2D eigenvalue weighted by Gasteiger charge is -2.18. The maximum Gasteiger partial charge on any atom is 0.254 e. The van der Waals surface area contributed by atoms with E-state index in [9.17, 15) is 18.0 Å². The van der Waals surface area contributed by atoms with Crippen LogP contribution in [0.4, 0.5) is 21.6 Å². The fourth-order valence-corrected chi connectivity index (χ4v) is 4.53. The van der Waals surface area contributed by atoms with Gasteiger partial charge in [0.1, 0.15) is 16.4 Å². The van der Waals surface area contributed by atoms with Crippen LogP contribution in [0.25, 0.3) is 11.4 Å². The molecule has 0 saturated heterocycles. The summed E-state index contributed by atoms with van der Waals surface area (Å²) in [5.41, 5.74) is 0.424. The van der Waals surface area contributed by atoms with Gasteiger partial charge in [0.25, 0.3) is 5.91 Å². The maximum atomic E-state index is 15.1. The van der Waals surface area contributed by atoms with E-state index in [1.54, 1.807) is 13.8 Å². The van der Waals surface area contributed by atoms with Gasteiger partial charge in [0.2, 0.25) is 5.91 Å². The molecule has 2 amide bonds. The first-order valence-corrected chi connectivity index (χ1v) is 13.3. The third-order valence-electron chi connectivity index (χ3n) is 5.96. The number of halogens is 1. The molecule has 200 valence electrons. The third-order valence-corrected chi connectivity index (χ3v) is 8.07. The number of nitrogens with one attached hydrogen (secondary N) is 3. The van der Waals surface area contributed by atoms with Crippen LogP contribution in [0.2, 0.25) is 0 Å². The summed E-state index contributed by atoms with van der Waals surface area (Å²) >= 11 is 0. The minimum absolute atomic E-state index is 0.0210. The first kappa shape index (κ1) is 26.9. The van der Waals surface area contributed by atoms with Gasteiger partial charge in [-0.1, -0.05) is 0 Å². The largest absolute Gasteiger partial charge is 0.494 e. The van der Waals surface area contributed by atoms with Crippen molar-refractivity contribution in [3.63, 3.8) is 0 Å². The second-order valence-corrected chi connectivity index (χ2v) is 11.4. The van der Waals surface area contributed by atoms with Crippen LogP contribution in [0.1, 0.15) is 37.0 Å². The molecule has 1 saturated carbocycles. The molecule has 0 atom stereocenters. The van der Waals surface area contributed by atoms with Crippen LogP contribution in [0.3, 0.4) is 0 Å². The number of anilines is 3. The third kappa shape index (κ3) is 5.42. The molecule has 0 aliphatic heterocycles. The van der Waals surface area contributed by atoms with Gasteiger partial charge in [-0.15, -0.1) is 0 Å². The van der Waals surface area contributed by atoms with E-state index in [2.05, 4.69) is 30.9 Å². The van der Waals surface area contributed by atoms with E-state index < -0.39 is 26.8 Å². The number of sulfone groups is 1. The molecular formula is C25H27FN6O5S. The van der Waals surface area contributed by atoms with Crippen molar-refractivity contribution in [1.82, 2.24) is 20.3 Å². The SMILES string of the molecule is CNC(=O)c1cnc(NC(=O)C2CC2)cc1Nc1c(F)ccc(-c2ncc(S(=O)(=O)C(C)C)cn2)c1OC. The van der Waals surface area contributed by atoms with Crippen LogP contribution in [-0.4, -0.2) is 54.6 Å². The molecule has 2 aromatic heterocycles. The molecule has 38 heavy (non-hydrogen) atoms. The fraction of sp³-hybridized carbons (Fsp3) is 0.320. The second-order valence-electron chi connectivity index (χ2n) is 8.92. The van der Waals surface area contributed by atoms with Gasteiger partial charge >= 0.3 is 0 Å². The molecule has 0 spiro atoms. The quantitative estimate of drug-likeness (QED) is 0.370. The highest BCUT2D eigenvalue weighted by Crippen LogP contribution is 2.39. The number of rotatable bonds is 9. The van der Waals surface area contributed by atoms with Gasteiger partial charge in [-0.05, 0) is 38.8 Å². The number of hydrogen-bond acceptors (Lipinski definition) is 9. The Morgan fingerprint density at radius 2 is 1.79 bits per heavy atom. The summed E-state index contributed by atoms with van der Waals surface area (Å²) in [6, 6.07) is 4.00. The first-order chi connectivity index (χ1) is 18.1. The Kier molecular flexibility index (Phi) is 7.58. The van der Waals surface area contributed by atoms with Crippen molar-refractivity contribution < 1.29 is 27.1 Å². The summed E-state index contributed by atoms with van der Waals surface area (Å²) in [6.45, 7) is 3.11. The number of methoxy groups -OCH3 is 1. The van der Waals surface area contributed by atoms with Crippen LogP contribution < -0.4 is 20.7 Å². The molecule has 0 unspecified atom stereocenters. The molecular weight excluding hydrogens is 515 g/mol. The Balaban J connectivity index is 1.75. The van der Waals surface area contributed by atoms with Gasteiger partial charge in [0.05, 0.1) is 29.2 Å². The molecule has 0 radical (unpaired) electrons. The summed E-state index contributed by atoms with van der Waals surface area (Å²) in [5.74, 6) is -1.12. The fourth-order valence-electron chi connectivity index (χ4n) is 3.59. The molecule has 0 bridgehead atoms. The molecule has 1 aromatic carbocycles. The van der Waals surface area contributed by atoms with Crippen molar-refractivity contribution in [2.75, 3.05) is 24.8 Å². The van der Waals surface area contributed by atoms with E-state index >= 15 is 4.39 Å². The molecule has 4 rings (SSSR count). The summed E-state index contributed by atoms with van der Waals surface area (Å²) < 4.78 is 45.5. The van der Waals surface area contributed by atoms with Crippen LogP contribution in [-0.2, 0) is 14.6 Å². The lowest BCUT2D eigenvalue weighted by atomic mass is 10.1. The molecule has 1 aliphatic rings. The molecule has 1 aliphatic carbocycles. The first-order valence-electron chi connectivity index (χ1n) is 11.8. The van der Waals surface area contributed by atoms with Crippen LogP contribution in [0.15, 0.2) is 41.7 Å². The Hall–Kier alpha value is -4.13. The van der Waals surface area contributed by atoms with Gasteiger partial charge < -0.3 is 20.7 Å². The van der Waals surface area contributed by atoms with Crippen molar-refractivity contribution in [2.45, 2.75) is 36.8 Å². The van der Waals surface area contributed by atoms with Crippen LogP contribution in [0, 0.1) is 11.7 Å². The number of benzene rings is 1. The summed E-state index contributed by atoms with van der Waals surface area (Å²) in [6.07, 6.45) is 5.25. The number of carbonyl (C=O) groups excluding carboxylic acids is 2. The lowest BCUT2D eigenvalue weighted by molar-refractivity contribution is -0.117. The molecule has 1 fully saturated rings. The standard InChI is InChI=1S/C25H27FN6O5S/c1-13(2)38(35,36)15-10-29-23(30-11-15)16-7-8-18(26)21(22(16)37-4)31-19-9-20(32-24(33)14-5-6-14)28-12-17(19)25(34)27-3/h7-14H,5-6H2,1-4H3,(H,27,34)(H2,28,31,32,33). The number of aromatic nitrogens is 3. The normalized spacial score (nSPS) is 13.2. The second kappa shape index (κ2) is 10.7. The molecule has 13 heteroatoms. The Morgan fingerprint density at radius 3 is 2.37 bits per heavy atom. The minimum Gasteiger partial charge on any atom is -0.494 e. The highest BCUT2D eigenvalue weighted by Gasteiger charge is 2.30. The number of nitrogens with zero attached hydrogens (tertiary/aromatic N) is 3. The number of pyridine rings is 1. The zero-order chi connectivity index (χ0) is 27.6. The average molecular weight is 543 g/mol. The highest BCUT2D eigenvalue weighted by molar-refractivity contribution is 7.92. The van der Waals surface area contributed by atoms with Crippen molar-refractivity contribution in [2.24, 2.45) is 5.92 Å². The summed E-state index contributed by atoms with van der Waals surface area (Å²) in [7, 11) is -0.810. The monoisotopic (exact) mass is 542 g/mol. The van der Waals surface area contributed by atoms with Crippen molar-refractivity contribution in [3.8, 4) is 17.1 Å². The minimum atomic E-state index is -3.58. The molecule has 3 N–H and O–H groups in total. The number of amides is 2. The zero-order valence-corrected chi connectivity index (χ0v) is 22.0. The van der Waals surface area contributed by atoms with E-state index in [1.807, 2.05) is 0 Å². The van der Waals surface area contributed by atoms with Crippen molar-refractivity contribution >= 4 is 38.8 Å². The molecule has 3 aromatic rings. The van der Waals surface area contributed by atoms with E-state index in [-0.39, 0.29) is 56.6 Å². The van der Waals surface area contributed by atoms with E-state index in [4.69, 9.17) is 4.74 Å². The van der Waals surface area contributed by atoms with E-state index in [0.29, 0.717) is 0 Å².